The molecule has 4 N–H and O–H groups in total. The van der Waals surface area contributed by atoms with E-state index >= 15 is 0 Å². The Morgan fingerprint density at radius 1 is 0.981 bits per heavy atom. The summed E-state index contributed by atoms with van der Waals surface area (Å²) in [7, 11) is 7.24. The molecule has 5 aromatic rings. The molecule has 3 aromatic carbocycles. The maximum atomic E-state index is 12.8. The largest absolute Gasteiger partial charge is 0.497 e. The van der Waals surface area contributed by atoms with E-state index in [4.69, 9.17) is 14.2 Å². The first-order chi connectivity index (χ1) is 25.5. The van der Waals surface area contributed by atoms with Crippen LogP contribution >= 0.6 is 0 Å². The van der Waals surface area contributed by atoms with Crippen LogP contribution in [-0.2, 0) is 77.8 Å². The van der Waals surface area contributed by atoms with Crippen LogP contribution in [0.25, 0.3) is 11.2 Å². The Bertz CT molecular complexity index is 2250. The van der Waals surface area contributed by atoms with Crippen molar-refractivity contribution >= 4 is 80.9 Å². The maximum absolute atomic E-state index is 12.8. The third-order valence-corrected chi connectivity index (χ3v) is 15.2. The number of aryl methyl sites for hydroxylation is 1. The molecule has 0 radical (unpaired) electrons. The summed E-state index contributed by atoms with van der Waals surface area (Å²) in [6.07, 6.45) is -3.61. The third-order valence-electron chi connectivity index (χ3n) is 8.49. The number of ether oxygens (including phenoxy) is 3. The fourth-order valence-electron chi connectivity index (χ4n) is 5.80. The molecule has 0 spiro atoms. The topological polar surface area (TPSA) is 161 Å². The summed E-state index contributed by atoms with van der Waals surface area (Å²) in [5.74, 6) is -0.0681. The fraction of sp³-hybridized carbons (Fsp3) is 0.314. The van der Waals surface area contributed by atoms with Gasteiger partial charge in [0, 0.05) is 63.8 Å². The van der Waals surface area contributed by atoms with Crippen LogP contribution < -0.4 is 15.6 Å². The van der Waals surface area contributed by atoms with Crippen LogP contribution in [0.15, 0.2) is 90.0 Å². The van der Waals surface area contributed by atoms with Crippen molar-refractivity contribution in [2.75, 3.05) is 19.0 Å². The average molecular weight is 832 g/mol. The molecule has 0 aliphatic carbocycles. The standard InChI is InChI=1S/C35H37N5O7.S6/c1-20(2)31(43)38-34-37-30-27(32(44)39-34)36-19-40(30)33-29(42)28(41)26(47-33)18-46-35(22-8-6-5-7-9-22,23-12-10-21(3)11-13-23)24-14-16-25(45-4)17-15-24;1-3-5-6-4-2/h5-17,19-20,26,28-29,33,41-42H,18H2,1-4H3,(H2,37,38,39,43,44);/t26-,28?,29+,33-,35?;/m1./s1. The van der Waals surface area contributed by atoms with Gasteiger partial charge >= 0.3 is 0 Å². The number of rotatable bonds is 10. The molecule has 1 amide bonds. The number of aliphatic hydroxyl groups excluding tert-OH is 2. The number of amides is 1. The van der Waals surface area contributed by atoms with Crippen molar-refractivity contribution in [3.63, 3.8) is 0 Å². The molecule has 280 valence electrons. The zero-order chi connectivity index (χ0) is 38.1. The van der Waals surface area contributed by atoms with Crippen LogP contribution in [0, 0.1) is 12.8 Å². The highest BCUT2D eigenvalue weighted by Gasteiger charge is 2.47. The van der Waals surface area contributed by atoms with Crippen LogP contribution in [0.4, 0.5) is 5.95 Å². The van der Waals surface area contributed by atoms with E-state index in [9.17, 15) is 19.8 Å². The lowest BCUT2D eigenvalue weighted by molar-refractivity contribution is -0.118. The molecule has 0 saturated carbocycles. The van der Waals surface area contributed by atoms with Gasteiger partial charge in [-0.2, -0.15) is 4.98 Å². The van der Waals surface area contributed by atoms with Gasteiger partial charge in [-0.05, 0) is 35.7 Å². The van der Waals surface area contributed by atoms with Crippen molar-refractivity contribution < 1.29 is 29.2 Å². The molecule has 2 unspecified atom stereocenters. The number of aromatic amines is 1. The number of anilines is 1. The summed E-state index contributed by atoms with van der Waals surface area (Å²) < 4.78 is 19.9. The van der Waals surface area contributed by atoms with E-state index in [1.54, 1.807) is 21.0 Å². The lowest BCUT2D eigenvalue weighted by atomic mass is 9.79. The zero-order valence-corrected chi connectivity index (χ0v) is 33.8. The quantitative estimate of drug-likeness (QED) is 0.152. The molecule has 1 aliphatic heterocycles. The number of benzene rings is 3. The number of H-pyrrole nitrogens is 1. The minimum atomic E-state index is -1.41. The molecule has 12 nitrogen and oxygen atoms in total. The molecule has 3 heterocycles. The van der Waals surface area contributed by atoms with Gasteiger partial charge in [-0.1, -0.05) is 86.1 Å². The van der Waals surface area contributed by atoms with E-state index in [1.807, 2.05) is 85.8 Å². The number of methoxy groups -OCH3 is 1. The van der Waals surface area contributed by atoms with E-state index in [-0.39, 0.29) is 35.5 Å². The van der Waals surface area contributed by atoms with E-state index < -0.39 is 35.7 Å². The Hall–Kier alpha value is -3.56. The minimum Gasteiger partial charge on any atom is -0.497 e. The highest BCUT2D eigenvalue weighted by Crippen LogP contribution is 2.42. The van der Waals surface area contributed by atoms with Crippen LogP contribution in [-0.4, -0.2) is 67.7 Å². The Morgan fingerprint density at radius 3 is 2.17 bits per heavy atom. The summed E-state index contributed by atoms with van der Waals surface area (Å²) in [6, 6.07) is 25.4. The molecule has 0 bridgehead atoms. The molecular weight excluding hydrogens is 795 g/mol. The zero-order valence-electron chi connectivity index (χ0n) is 28.9. The van der Waals surface area contributed by atoms with Crippen molar-refractivity contribution in [1.29, 1.82) is 0 Å². The molecule has 1 saturated heterocycles. The number of carbonyl (C=O) groups excluding carboxylic acids is 1. The molecule has 5 atom stereocenters. The van der Waals surface area contributed by atoms with E-state index in [0.29, 0.717) is 5.75 Å². The number of hydrogen-bond donors (Lipinski definition) is 4. The van der Waals surface area contributed by atoms with Crippen molar-refractivity contribution in [2.45, 2.75) is 50.9 Å². The Balaban J connectivity index is 0.000000833. The maximum Gasteiger partial charge on any atom is 0.280 e. The number of carbonyl (C=O) groups is 1. The van der Waals surface area contributed by atoms with Gasteiger partial charge in [0.25, 0.3) is 5.56 Å². The number of fused-ring (bicyclic) bond motifs is 1. The van der Waals surface area contributed by atoms with Crippen LogP contribution in [0.2, 0.25) is 0 Å². The van der Waals surface area contributed by atoms with Crippen molar-refractivity contribution in [1.82, 2.24) is 19.5 Å². The SMILES string of the molecule is COc1ccc(C(OC[C@H]2O[C@@H](n3cnc4c(=O)[nH]c(NC(=O)C(C)C)nc43)[C@@H](O)C2O)(c2ccccc2)c2ccc(C)cc2)cc1.S=S=S=S=S=S. The monoisotopic (exact) mass is 831 g/mol. The van der Waals surface area contributed by atoms with E-state index in [0.717, 1.165) is 22.3 Å². The number of aromatic nitrogens is 4. The van der Waals surface area contributed by atoms with Crippen molar-refractivity contribution in [2.24, 2.45) is 5.92 Å². The fourth-order valence-corrected chi connectivity index (χ4v) is 11.3. The number of nitrogens with one attached hydrogen (secondary N) is 2. The van der Waals surface area contributed by atoms with E-state index in [2.05, 4.69) is 42.6 Å². The molecular formula is C35H37N5O7S6. The molecule has 2 aromatic heterocycles. The first-order valence-electron chi connectivity index (χ1n) is 16.2. The number of imidazole rings is 1. The Labute approximate surface area is 327 Å². The number of nitrogens with zero attached hydrogens (tertiary/aromatic N) is 3. The minimum absolute atomic E-state index is 0.0143. The highest BCUT2D eigenvalue weighted by molar-refractivity contribution is 8.64. The summed E-state index contributed by atoms with van der Waals surface area (Å²) in [6.45, 7) is 5.31. The summed E-state index contributed by atoms with van der Waals surface area (Å²) >= 11 is 9.03. The Morgan fingerprint density at radius 2 is 1.58 bits per heavy atom. The number of hydrogen-bond acceptors (Lipinski definition) is 11. The normalized spacial score (nSPS) is 19.1. The first kappa shape index (κ1) is 40.6. The molecule has 18 heteroatoms. The lowest BCUT2D eigenvalue weighted by Gasteiger charge is -2.37. The summed E-state index contributed by atoms with van der Waals surface area (Å²) in [5, 5.41) is 25.0. The van der Waals surface area contributed by atoms with Gasteiger partial charge in [0.15, 0.2) is 17.4 Å². The summed E-state index contributed by atoms with van der Waals surface area (Å²) in [4.78, 5) is 36.1. The second-order valence-corrected chi connectivity index (χ2v) is 19.2. The van der Waals surface area contributed by atoms with E-state index in [1.165, 1.54) is 46.4 Å². The van der Waals surface area contributed by atoms with Gasteiger partial charge < -0.3 is 24.4 Å². The second-order valence-electron chi connectivity index (χ2n) is 12.2. The predicted molar refractivity (Wildman–Crippen MR) is 218 cm³/mol. The van der Waals surface area contributed by atoms with Gasteiger partial charge in [0.2, 0.25) is 11.9 Å². The highest BCUT2D eigenvalue weighted by atomic mass is 33.3. The molecule has 1 fully saturated rings. The van der Waals surface area contributed by atoms with Crippen LogP contribution in [0.5, 0.6) is 5.75 Å². The van der Waals surface area contributed by atoms with Crippen molar-refractivity contribution in [3.05, 3.63) is 118 Å². The van der Waals surface area contributed by atoms with Crippen LogP contribution in [0.3, 0.4) is 0 Å². The molecule has 53 heavy (non-hydrogen) atoms. The lowest BCUT2D eigenvalue weighted by Crippen LogP contribution is -2.39. The molecule has 1 aliphatic rings. The first-order valence-corrected chi connectivity index (χ1v) is 22.8. The van der Waals surface area contributed by atoms with Crippen molar-refractivity contribution in [3.8, 4) is 5.75 Å². The average Bonchev–Trinajstić information content (AvgIpc) is 3.72. The predicted octanol–water partition coefficient (Wildman–Crippen LogP) is 3.64. The molecule has 6 rings (SSSR count). The second kappa shape index (κ2) is 18.7. The summed E-state index contributed by atoms with van der Waals surface area (Å²) in [5.41, 5.74) is 1.94. The van der Waals surface area contributed by atoms with Gasteiger partial charge in [-0.3, -0.25) is 24.5 Å². The Kier molecular flexibility index (Phi) is 14.3. The van der Waals surface area contributed by atoms with Crippen LogP contribution in [0.1, 0.15) is 42.3 Å². The van der Waals surface area contributed by atoms with Gasteiger partial charge in [0.05, 0.1) is 20.0 Å². The van der Waals surface area contributed by atoms with Gasteiger partial charge in [-0.15, -0.1) is 0 Å². The number of aliphatic hydroxyl groups is 2. The van der Waals surface area contributed by atoms with Gasteiger partial charge in [0.1, 0.15) is 29.7 Å². The van der Waals surface area contributed by atoms with Gasteiger partial charge in [-0.25, -0.2) is 4.98 Å². The third kappa shape index (κ3) is 9.22. The smallest absolute Gasteiger partial charge is 0.280 e.